The van der Waals surface area contributed by atoms with Crippen molar-refractivity contribution >= 4 is 11.8 Å². The fraction of sp³-hybridized carbons (Fsp3) is 0. The van der Waals surface area contributed by atoms with E-state index in [1.165, 1.54) is 0 Å². The highest BCUT2D eigenvalue weighted by Gasteiger charge is 2.09. The molecule has 68 valence electrons. The predicted molar refractivity (Wildman–Crippen MR) is 42.0 cm³/mol. The van der Waals surface area contributed by atoms with Crippen molar-refractivity contribution in [2.75, 3.05) is 0 Å². The van der Waals surface area contributed by atoms with Gasteiger partial charge >= 0.3 is 5.63 Å². The quantitative estimate of drug-likeness (QED) is 0.599. The maximum Gasteiger partial charge on any atom is 0.337 e. The summed E-state index contributed by atoms with van der Waals surface area (Å²) in [6.45, 7) is 0. The molecule has 0 saturated heterocycles. The molecule has 0 unspecified atom stereocenters. The molecule has 6 heteroatoms. The maximum absolute atomic E-state index is 10.7. The zero-order valence-corrected chi connectivity index (χ0v) is 6.44. The Balaban J connectivity index is 3.35. The summed E-state index contributed by atoms with van der Waals surface area (Å²) in [6, 6.07) is 1.90. The predicted octanol–water partition coefficient (Wildman–Crippen LogP) is -1.16. The maximum atomic E-state index is 10.7. The van der Waals surface area contributed by atoms with E-state index in [2.05, 4.69) is 4.42 Å². The van der Waals surface area contributed by atoms with Crippen molar-refractivity contribution in [2.24, 2.45) is 11.5 Å². The first-order chi connectivity index (χ1) is 6.00. The molecule has 0 bridgehead atoms. The van der Waals surface area contributed by atoms with Crippen LogP contribution in [0.15, 0.2) is 21.3 Å². The van der Waals surface area contributed by atoms with Gasteiger partial charge in [0.25, 0.3) is 5.91 Å². The first-order valence-electron chi connectivity index (χ1n) is 3.25. The third-order valence-electron chi connectivity index (χ3n) is 1.30. The Morgan fingerprint density at radius 3 is 2.23 bits per heavy atom. The van der Waals surface area contributed by atoms with E-state index in [1.807, 2.05) is 0 Å². The smallest absolute Gasteiger partial charge is 0.337 e. The van der Waals surface area contributed by atoms with Crippen LogP contribution in [0.4, 0.5) is 0 Å². The molecule has 1 aromatic rings. The van der Waals surface area contributed by atoms with Gasteiger partial charge in [-0.05, 0) is 6.07 Å². The van der Waals surface area contributed by atoms with Crippen molar-refractivity contribution in [1.82, 2.24) is 0 Å². The van der Waals surface area contributed by atoms with E-state index < -0.39 is 17.4 Å². The molecule has 1 aromatic heterocycles. The van der Waals surface area contributed by atoms with Crippen LogP contribution in [0.3, 0.4) is 0 Å². The molecule has 6 nitrogen and oxygen atoms in total. The zero-order chi connectivity index (χ0) is 10.0. The number of nitrogens with two attached hydrogens (primary N) is 2. The van der Waals surface area contributed by atoms with Crippen molar-refractivity contribution in [3.05, 3.63) is 33.9 Å². The Kier molecular flexibility index (Phi) is 2.14. The van der Waals surface area contributed by atoms with Gasteiger partial charge in [0.05, 0.1) is 5.56 Å². The fourth-order valence-electron chi connectivity index (χ4n) is 0.741. The Bertz CT molecular complexity index is 385. The minimum absolute atomic E-state index is 0.106. The molecule has 1 heterocycles. The Labute approximate surface area is 72.1 Å². The lowest BCUT2D eigenvalue weighted by molar-refractivity contribution is 0.0969. The van der Waals surface area contributed by atoms with Crippen LogP contribution in [-0.4, -0.2) is 11.8 Å². The molecule has 0 fully saturated rings. The first kappa shape index (κ1) is 8.98. The summed E-state index contributed by atoms with van der Waals surface area (Å²) in [7, 11) is 0. The van der Waals surface area contributed by atoms with Gasteiger partial charge in [0, 0.05) is 6.07 Å². The molecule has 13 heavy (non-hydrogen) atoms. The summed E-state index contributed by atoms with van der Waals surface area (Å²) in [4.78, 5) is 31.9. The topological polar surface area (TPSA) is 116 Å². The molecule has 4 N–H and O–H groups in total. The monoisotopic (exact) mass is 182 g/mol. The van der Waals surface area contributed by atoms with Gasteiger partial charge in [-0.1, -0.05) is 0 Å². The van der Waals surface area contributed by atoms with Crippen LogP contribution >= 0.6 is 0 Å². The number of rotatable bonds is 2. The van der Waals surface area contributed by atoms with Crippen molar-refractivity contribution in [1.29, 1.82) is 0 Å². The standard InChI is InChI=1S/C7H6N2O4/c8-6(11)3-1-4(7(9)12)13-5(10)2-3/h1-2H,(H2,8,11)(H2,9,12). The lowest BCUT2D eigenvalue weighted by atomic mass is 10.2. The van der Waals surface area contributed by atoms with E-state index in [1.54, 1.807) is 0 Å². The average Bonchev–Trinajstić information content (AvgIpc) is 2.03. The fourth-order valence-corrected chi connectivity index (χ4v) is 0.741. The van der Waals surface area contributed by atoms with E-state index in [9.17, 15) is 14.4 Å². The number of carbonyl (C=O) groups is 2. The summed E-state index contributed by atoms with van der Waals surface area (Å²) in [5.41, 5.74) is 8.76. The molecule has 0 aliphatic heterocycles. The summed E-state index contributed by atoms with van der Waals surface area (Å²) < 4.78 is 4.39. The van der Waals surface area contributed by atoms with Crippen molar-refractivity contribution in [2.45, 2.75) is 0 Å². The van der Waals surface area contributed by atoms with E-state index in [-0.39, 0.29) is 11.3 Å². The summed E-state index contributed by atoms with van der Waals surface area (Å²) in [5, 5.41) is 0. The van der Waals surface area contributed by atoms with Crippen molar-refractivity contribution in [3.63, 3.8) is 0 Å². The van der Waals surface area contributed by atoms with E-state index in [4.69, 9.17) is 11.5 Å². The highest BCUT2D eigenvalue weighted by molar-refractivity contribution is 5.96. The highest BCUT2D eigenvalue weighted by Crippen LogP contribution is 1.99. The van der Waals surface area contributed by atoms with Gasteiger partial charge in [-0.2, -0.15) is 0 Å². The van der Waals surface area contributed by atoms with Gasteiger partial charge in [-0.25, -0.2) is 4.79 Å². The number of amides is 2. The van der Waals surface area contributed by atoms with Crippen LogP contribution in [0, 0.1) is 0 Å². The number of carbonyl (C=O) groups excluding carboxylic acids is 2. The molecule has 0 atom stereocenters. The van der Waals surface area contributed by atoms with Crippen molar-refractivity contribution < 1.29 is 14.0 Å². The Morgan fingerprint density at radius 1 is 1.15 bits per heavy atom. The first-order valence-corrected chi connectivity index (χ1v) is 3.25. The highest BCUT2D eigenvalue weighted by atomic mass is 16.4. The number of hydrogen-bond acceptors (Lipinski definition) is 4. The van der Waals surface area contributed by atoms with Crippen LogP contribution in [0.1, 0.15) is 20.9 Å². The van der Waals surface area contributed by atoms with Crippen LogP contribution in [0.25, 0.3) is 0 Å². The van der Waals surface area contributed by atoms with Gasteiger partial charge in [-0.15, -0.1) is 0 Å². The normalized spacial score (nSPS) is 9.54. The molecule has 0 radical (unpaired) electrons. The largest absolute Gasteiger partial charge is 0.417 e. The molecular weight excluding hydrogens is 176 g/mol. The van der Waals surface area contributed by atoms with Crippen LogP contribution in [0.5, 0.6) is 0 Å². The van der Waals surface area contributed by atoms with E-state index in [0.29, 0.717) is 0 Å². The molecule has 1 rings (SSSR count). The third kappa shape index (κ3) is 1.92. The molecule has 2 amide bonds. The Morgan fingerprint density at radius 2 is 1.77 bits per heavy atom. The minimum Gasteiger partial charge on any atom is -0.417 e. The molecule has 0 saturated carbocycles. The molecule has 0 spiro atoms. The average molecular weight is 182 g/mol. The second-order valence-electron chi connectivity index (χ2n) is 2.26. The molecule has 0 aliphatic carbocycles. The zero-order valence-electron chi connectivity index (χ0n) is 6.44. The SMILES string of the molecule is NC(=O)c1cc(C(N)=O)oc(=O)c1. The number of primary amides is 2. The van der Waals surface area contributed by atoms with Gasteiger partial charge in [0.15, 0.2) is 5.76 Å². The van der Waals surface area contributed by atoms with Gasteiger partial charge in [-0.3, -0.25) is 9.59 Å². The summed E-state index contributed by atoms with van der Waals surface area (Å²) in [6.07, 6.45) is 0. The van der Waals surface area contributed by atoms with E-state index >= 15 is 0 Å². The van der Waals surface area contributed by atoms with Crippen LogP contribution in [0.2, 0.25) is 0 Å². The Hall–Kier alpha value is -2.11. The minimum atomic E-state index is -0.930. The van der Waals surface area contributed by atoms with Crippen LogP contribution < -0.4 is 17.1 Å². The second kappa shape index (κ2) is 3.10. The summed E-state index contributed by atoms with van der Waals surface area (Å²) >= 11 is 0. The lowest BCUT2D eigenvalue weighted by Gasteiger charge is -1.95. The van der Waals surface area contributed by atoms with E-state index in [0.717, 1.165) is 12.1 Å². The molecular formula is C7H6N2O4. The van der Waals surface area contributed by atoms with Gasteiger partial charge in [0.1, 0.15) is 0 Å². The molecule has 0 aliphatic rings. The number of hydrogen-bond donors (Lipinski definition) is 2. The summed E-state index contributed by atoms with van der Waals surface area (Å²) in [5.74, 6) is -2.14. The van der Waals surface area contributed by atoms with Crippen molar-refractivity contribution in [3.8, 4) is 0 Å². The van der Waals surface area contributed by atoms with Gasteiger partial charge < -0.3 is 15.9 Å². The van der Waals surface area contributed by atoms with Crippen LogP contribution in [-0.2, 0) is 0 Å². The molecule has 0 aromatic carbocycles. The lowest BCUT2D eigenvalue weighted by Crippen LogP contribution is -2.19. The van der Waals surface area contributed by atoms with Gasteiger partial charge in [0.2, 0.25) is 5.91 Å². The second-order valence-corrected chi connectivity index (χ2v) is 2.26. The third-order valence-corrected chi connectivity index (χ3v) is 1.30.